The third kappa shape index (κ3) is 5.98. The monoisotopic (exact) mass is 395 g/mol. The van der Waals surface area contributed by atoms with Gasteiger partial charge in [0.25, 0.3) is 0 Å². The number of para-hydroxylation sites is 1. The summed E-state index contributed by atoms with van der Waals surface area (Å²) in [5.41, 5.74) is 1.71. The lowest BCUT2D eigenvalue weighted by molar-refractivity contribution is 0.0503. The maximum Gasteiger partial charge on any atom is 0.407 e. The number of aromatic nitrogens is 2. The number of carbonyl (C=O) groups is 1. The average molecular weight is 396 g/mol. The van der Waals surface area contributed by atoms with Crippen LogP contribution in [0.2, 0.25) is 0 Å². The molecule has 154 valence electrons. The summed E-state index contributed by atoms with van der Waals surface area (Å²) in [5.74, 6) is 0.612. The summed E-state index contributed by atoms with van der Waals surface area (Å²) in [6.07, 6.45) is 0.238. The van der Waals surface area contributed by atoms with Gasteiger partial charge in [0.1, 0.15) is 5.60 Å². The van der Waals surface area contributed by atoms with Gasteiger partial charge in [0.15, 0.2) is 0 Å². The molecule has 0 fully saturated rings. The van der Waals surface area contributed by atoms with Gasteiger partial charge in [-0.3, -0.25) is 4.68 Å². The van der Waals surface area contributed by atoms with E-state index in [2.05, 4.69) is 22.5 Å². The molecular formula is C23H29N3O3. The van der Waals surface area contributed by atoms with Crippen molar-refractivity contribution in [3.8, 4) is 5.88 Å². The Morgan fingerprint density at radius 3 is 2.52 bits per heavy atom. The highest BCUT2D eigenvalue weighted by molar-refractivity contribution is 5.84. The molecule has 0 saturated heterocycles. The molecule has 0 aliphatic heterocycles. The van der Waals surface area contributed by atoms with Crippen molar-refractivity contribution in [1.82, 2.24) is 15.1 Å². The minimum Gasteiger partial charge on any atom is -0.476 e. The van der Waals surface area contributed by atoms with Crippen LogP contribution in [0.3, 0.4) is 0 Å². The van der Waals surface area contributed by atoms with Gasteiger partial charge in [-0.1, -0.05) is 42.5 Å². The minimum atomic E-state index is -0.509. The van der Waals surface area contributed by atoms with Crippen LogP contribution in [0, 0.1) is 0 Å². The predicted molar refractivity (Wildman–Crippen MR) is 114 cm³/mol. The van der Waals surface area contributed by atoms with Crippen molar-refractivity contribution in [1.29, 1.82) is 0 Å². The van der Waals surface area contributed by atoms with Crippen LogP contribution in [0.4, 0.5) is 4.79 Å². The molecule has 1 atom stereocenters. The van der Waals surface area contributed by atoms with Crippen LogP contribution in [0.25, 0.3) is 10.9 Å². The molecule has 1 N–H and O–H groups in total. The molecule has 1 unspecified atom stereocenters. The molecule has 0 saturated carbocycles. The molecule has 1 amide bonds. The smallest absolute Gasteiger partial charge is 0.407 e. The van der Waals surface area contributed by atoms with Crippen LogP contribution < -0.4 is 10.1 Å². The summed E-state index contributed by atoms with van der Waals surface area (Å²) in [5, 5.41) is 8.49. The first-order chi connectivity index (χ1) is 13.8. The van der Waals surface area contributed by atoms with E-state index in [0.29, 0.717) is 25.5 Å². The highest BCUT2D eigenvalue weighted by Gasteiger charge is 2.18. The van der Waals surface area contributed by atoms with Gasteiger partial charge in [0.05, 0.1) is 24.1 Å². The Kier molecular flexibility index (Phi) is 6.42. The Hall–Kier alpha value is -3.02. The first kappa shape index (κ1) is 20.7. The number of ether oxygens (including phenoxy) is 2. The second-order valence-corrected chi connectivity index (χ2v) is 8.15. The molecule has 3 rings (SSSR count). The first-order valence-electron chi connectivity index (χ1n) is 9.93. The Morgan fingerprint density at radius 1 is 1.10 bits per heavy atom. The fraction of sp³-hybridized carbons (Fsp3) is 0.391. The van der Waals surface area contributed by atoms with Gasteiger partial charge in [-0.05, 0) is 45.4 Å². The highest BCUT2D eigenvalue weighted by Crippen LogP contribution is 2.25. The average Bonchev–Trinajstić information content (AvgIpc) is 2.99. The van der Waals surface area contributed by atoms with Gasteiger partial charge >= 0.3 is 6.09 Å². The molecule has 6 nitrogen and oxygen atoms in total. The fourth-order valence-corrected chi connectivity index (χ4v) is 2.99. The number of rotatable bonds is 7. The van der Waals surface area contributed by atoms with E-state index in [-0.39, 0.29) is 6.04 Å². The number of benzene rings is 2. The number of carbonyl (C=O) groups excluding carboxylic acids is 1. The zero-order valence-electron chi connectivity index (χ0n) is 17.5. The van der Waals surface area contributed by atoms with Crippen LogP contribution in [-0.2, 0) is 11.3 Å². The summed E-state index contributed by atoms with van der Waals surface area (Å²) in [6.45, 7) is 8.59. The maximum absolute atomic E-state index is 11.9. The zero-order valence-corrected chi connectivity index (χ0v) is 17.5. The lowest BCUT2D eigenvalue weighted by atomic mass is 10.2. The molecule has 2 aromatic carbocycles. The molecule has 0 radical (unpaired) electrons. The molecular weight excluding hydrogens is 366 g/mol. The van der Waals surface area contributed by atoms with Crippen molar-refractivity contribution < 1.29 is 14.3 Å². The second kappa shape index (κ2) is 8.99. The van der Waals surface area contributed by atoms with Crippen LogP contribution >= 0.6 is 0 Å². The molecule has 0 bridgehead atoms. The van der Waals surface area contributed by atoms with E-state index < -0.39 is 11.7 Å². The summed E-state index contributed by atoms with van der Waals surface area (Å²) >= 11 is 0. The Balaban J connectivity index is 1.61. The minimum absolute atomic E-state index is 0.0671. The first-order valence-corrected chi connectivity index (χ1v) is 9.93. The maximum atomic E-state index is 11.9. The topological polar surface area (TPSA) is 65.4 Å². The Bertz CT molecular complexity index is 945. The van der Waals surface area contributed by atoms with Crippen LogP contribution in [-0.4, -0.2) is 34.1 Å². The standard InChI is InChI=1S/C23H29N3O3/c1-17(24-22(27)29-23(2,3)4)14-15-28-21-19-12-8-9-13-20(19)26(25-21)16-18-10-6-5-7-11-18/h5-13,17H,14-16H2,1-4H3,(H,24,27). The molecule has 29 heavy (non-hydrogen) atoms. The predicted octanol–water partition coefficient (Wildman–Crippen LogP) is 4.77. The third-order valence-electron chi connectivity index (χ3n) is 4.35. The Labute approximate surface area is 171 Å². The lowest BCUT2D eigenvalue weighted by Gasteiger charge is -2.21. The molecule has 0 aliphatic carbocycles. The highest BCUT2D eigenvalue weighted by atomic mass is 16.6. The van der Waals surface area contributed by atoms with Crippen molar-refractivity contribution in [2.24, 2.45) is 0 Å². The third-order valence-corrected chi connectivity index (χ3v) is 4.35. The molecule has 0 aliphatic rings. The molecule has 1 heterocycles. The number of amides is 1. The van der Waals surface area contributed by atoms with Crippen molar-refractivity contribution in [3.63, 3.8) is 0 Å². The van der Waals surface area contributed by atoms with E-state index in [9.17, 15) is 4.79 Å². The van der Waals surface area contributed by atoms with E-state index in [1.165, 1.54) is 5.56 Å². The van der Waals surface area contributed by atoms with E-state index in [4.69, 9.17) is 9.47 Å². The van der Waals surface area contributed by atoms with E-state index in [0.717, 1.165) is 10.9 Å². The molecule has 6 heteroatoms. The van der Waals surface area contributed by atoms with Crippen molar-refractivity contribution >= 4 is 17.0 Å². The number of hydrogen-bond donors (Lipinski definition) is 1. The van der Waals surface area contributed by atoms with Crippen molar-refractivity contribution in [2.75, 3.05) is 6.61 Å². The SMILES string of the molecule is CC(CCOc1nn(Cc2ccccc2)c2ccccc12)NC(=O)OC(C)(C)C. The number of fused-ring (bicyclic) bond motifs is 1. The Morgan fingerprint density at radius 2 is 1.79 bits per heavy atom. The van der Waals surface area contributed by atoms with Gasteiger partial charge in [-0.2, -0.15) is 0 Å². The van der Waals surface area contributed by atoms with Crippen LogP contribution in [0.15, 0.2) is 54.6 Å². The van der Waals surface area contributed by atoms with Crippen molar-refractivity contribution in [2.45, 2.75) is 52.3 Å². The van der Waals surface area contributed by atoms with Gasteiger partial charge < -0.3 is 14.8 Å². The van der Waals surface area contributed by atoms with E-state index >= 15 is 0 Å². The molecule has 1 aromatic heterocycles. The summed E-state index contributed by atoms with van der Waals surface area (Å²) in [4.78, 5) is 11.9. The molecule has 3 aromatic rings. The van der Waals surface area contributed by atoms with Crippen LogP contribution in [0.5, 0.6) is 5.88 Å². The summed E-state index contributed by atoms with van der Waals surface area (Å²) < 4.78 is 13.2. The number of alkyl carbamates (subject to hydrolysis) is 1. The fourth-order valence-electron chi connectivity index (χ4n) is 2.99. The van der Waals surface area contributed by atoms with E-state index in [1.54, 1.807) is 0 Å². The van der Waals surface area contributed by atoms with Crippen molar-refractivity contribution in [3.05, 3.63) is 60.2 Å². The summed E-state index contributed by atoms with van der Waals surface area (Å²) in [7, 11) is 0. The summed E-state index contributed by atoms with van der Waals surface area (Å²) in [6, 6.07) is 18.2. The number of nitrogens with one attached hydrogen (secondary N) is 1. The second-order valence-electron chi connectivity index (χ2n) is 8.15. The van der Waals surface area contributed by atoms with Gasteiger partial charge in [0.2, 0.25) is 5.88 Å². The quantitative estimate of drug-likeness (QED) is 0.626. The number of hydrogen-bond acceptors (Lipinski definition) is 4. The van der Waals surface area contributed by atoms with E-state index in [1.807, 2.05) is 74.8 Å². The largest absolute Gasteiger partial charge is 0.476 e. The van der Waals surface area contributed by atoms with Gasteiger partial charge in [-0.25, -0.2) is 4.79 Å². The van der Waals surface area contributed by atoms with Gasteiger partial charge in [0, 0.05) is 12.5 Å². The van der Waals surface area contributed by atoms with Gasteiger partial charge in [-0.15, -0.1) is 5.10 Å². The molecule has 0 spiro atoms. The zero-order chi connectivity index (χ0) is 20.9. The lowest BCUT2D eigenvalue weighted by Crippen LogP contribution is -2.38. The normalized spacial score (nSPS) is 12.6. The number of nitrogens with zero attached hydrogens (tertiary/aromatic N) is 2. The van der Waals surface area contributed by atoms with Crippen LogP contribution in [0.1, 0.15) is 39.7 Å².